The number of carboxylic acid groups (broad SMARTS) is 1. The number of anilines is 1. The van der Waals surface area contributed by atoms with Crippen LogP contribution in [0.15, 0.2) is 6.33 Å². The molecule has 0 fully saturated rings. The maximum Gasteiger partial charge on any atom is 0.339 e. The monoisotopic (exact) mass is 290 g/mol. The zero-order chi connectivity index (χ0) is 15.4. The lowest BCUT2D eigenvalue weighted by Gasteiger charge is -2.12. The summed E-state index contributed by atoms with van der Waals surface area (Å²) >= 11 is 0. The Morgan fingerprint density at radius 3 is 2.62 bits per heavy atom. The van der Waals surface area contributed by atoms with E-state index in [1.165, 1.54) is 0 Å². The Balaban J connectivity index is 2.32. The third kappa shape index (κ3) is 3.15. The highest BCUT2D eigenvalue weighted by Gasteiger charge is 2.20. The summed E-state index contributed by atoms with van der Waals surface area (Å²) in [4.78, 5) is 15.6. The molecule has 0 amide bonds. The summed E-state index contributed by atoms with van der Waals surface area (Å²) in [6.07, 6.45) is 2.83. The Hall–Kier alpha value is -2.51. The fraction of sp³-hybridized carbons (Fsp3) is 0.462. The van der Waals surface area contributed by atoms with Crippen molar-refractivity contribution in [3.8, 4) is 0 Å². The molecule has 0 saturated heterocycles. The summed E-state index contributed by atoms with van der Waals surface area (Å²) in [5.74, 6) is -0.190. The first-order valence-electron chi connectivity index (χ1n) is 6.76. The predicted octanol–water partition coefficient (Wildman–Crippen LogP) is 1.04. The predicted molar refractivity (Wildman–Crippen MR) is 76.1 cm³/mol. The third-order valence-electron chi connectivity index (χ3n) is 3.12. The first-order valence-corrected chi connectivity index (χ1v) is 6.76. The Bertz CT molecular complexity index is 652. The molecule has 2 aromatic heterocycles. The Labute approximate surface area is 122 Å². The van der Waals surface area contributed by atoms with Crippen molar-refractivity contribution >= 4 is 11.8 Å². The van der Waals surface area contributed by atoms with Crippen molar-refractivity contribution in [1.29, 1.82) is 0 Å². The second-order valence-corrected chi connectivity index (χ2v) is 4.55. The van der Waals surface area contributed by atoms with Crippen molar-refractivity contribution in [2.24, 2.45) is 7.05 Å². The third-order valence-corrected chi connectivity index (χ3v) is 3.12. The van der Waals surface area contributed by atoms with Gasteiger partial charge in [-0.15, -0.1) is 5.10 Å². The number of aromatic nitrogens is 5. The summed E-state index contributed by atoms with van der Waals surface area (Å²) in [5.41, 5.74) is 1.62. The number of aryl methyl sites for hydroxylation is 2. The van der Waals surface area contributed by atoms with Gasteiger partial charge in [0.25, 0.3) is 0 Å². The van der Waals surface area contributed by atoms with Crippen molar-refractivity contribution in [3.63, 3.8) is 0 Å². The minimum atomic E-state index is -1.01. The van der Waals surface area contributed by atoms with Crippen LogP contribution < -0.4 is 5.32 Å². The lowest BCUT2D eigenvalue weighted by Crippen LogP contribution is -2.15. The molecule has 0 radical (unpaired) electrons. The van der Waals surface area contributed by atoms with Gasteiger partial charge in [-0.1, -0.05) is 13.8 Å². The van der Waals surface area contributed by atoms with Crippen LogP contribution in [0.25, 0.3) is 0 Å². The van der Waals surface area contributed by atoms with Gasteiger partial charge in [-0.25, -0.2) is 9.78 Å². The van der Waals surface area contributed by atoms with Crippen LogP contribution in [-0.2, 0) is 26.4 Å². The van der Waals surface area contributed by atoms with Gasteiger partial charge < -0.3 is 10.4 Å². The molecule has 0 saturated carbocycles. The van der Waals surface area contributed by atoms with Crippen molar-refractivity contribution in [3.05, 3.63) is 29.0 Å². The van der Waals surface area contributed by atoms with Gasteiger partial charge >= 0.3 is 5.97 Å². The van der Waals surface area contributed by atoms with E-state index in [4.69, 9.17) is 0 Å². The van der Waals surface area contributed by atoms with Crippen LogP contribution in [0.1, 0.15) is 41.3 Å². The van der Waals surface area contributed by atoms with E-state index in [-0.39, 0.29) is 11.4 Å². The molecule has 0 bridgehead atoms. The van der Waals surface area contributed by atoms with Crippen LogP contribution >= 0.6 is 0 Å². The van der Waals surface area contributed by atoms with Gasteiger partial charge in [0, 0.05) is 7.05 Å². The lowest BCUT2D eigenvalue weighted by molar-refractivity contribution is 0.0696. The molecule has 0 spiro atoms. The molecule has 21 heavy (non-hydrogen) atoms. The fourth-order valence-corrected chi connectivity index (χ4v) is 2.15. The van der Waals surface area contributed by atoms with Crippen LogP contribution in [-0.4, -0.2) is 36.0 Å². The van der Waals surface area contributed by atoms with E-state index in [1.54, 1.807) is 18.1 Å². The quantitative estimate of drug-likeness (QED) is 0.818. The summed E-state index contributed by atoms with van der Waals surface area (Å²) in [6, 6.07) is 0. The first-order chi connectivity index (χ1) is 10.1. The van der Waals surface area contributed by atoms with Gasteiger partial charge in [-0.2, -0.15) is 10.2 Å². The number of nitrogens with zero attached hydrogens (tertiary/aromatic N) is 5. The largest absolute Gasteiger partial charge is 0.478 e. The Morgan fingerprint density at radius 1 is 1.33 bits per heavy atom. The van der Waals surface area contributed by atoms with Crippen molar-refractivity contribution in [1.82, 2.24) is 25.0 Å². The average Bonchev–Trinajstić information content (AvgIpc) is 2.89. The van der Waals surface area contributed by atoms with Crippen LogP contribution in [0.5, 0.6) is 0 Å². The summed E-state index contributed by atoms with van der Waals surface area (Å²) in [5, 5.41) is 24.6. The number of rotatable bonds is 6. The van der Waals surface area contributed by atoms with E-state index in [1.807, 2.05) is 13.8 Å². The number of hydrogen-bond acceptors (Lipinski definition) is 6. The molecule has 0 unspecified atom stereocenters. The van der Waals surface area contributed by atoms with Crippen molar-refractivity contribution < 1.29 is 9.90 Å². The number of carbonyl (C=O) groups is 1. The minimum absolute atomic E-state index is 0.181. The van der Waals surface area contributed by atoms with E-state index in [0.29, 0.717) is 25.2 Å². The highest BCUT2D eigenvalue weighted by atomic mass is 16.4. The molecule has 2 rings (SSSR count). The molecule has 0 aliphatic heterocycles. The standard InChI is InChI=1S/C13H18N6O2/c1-4-8-9(5-2)16-17-12(11(8)13(20)21)14-6-10-15-7-19(3)18-10/h7H,4-6H2,1-3H3,(H,14,17)(H,20,21). The van der Waals surface area contributed by atoms with E-state index >= 15 is 0 Å². The van der Waals surface area contributed by atoms with E-state index in [0.717, 1.165) is 11.3 Å². The fourth-order valence-electron chi connectivity index (χ4n) is 2.15. The molecule has 112 valence electrons. The molecule has 0 aliphatic rings. The number of nitrogens with one attached hydrogen (secondary N) is 1. The molecule has 0 atom stereocenters. The maximum absolute atomic E-state index is 11.5. The van der Waals surface area contributed by atoms with Crippen molar-refractivity contribution in [2.45, 2.75) is 33.2 Å². The van der Waals surface area contributed by atoms with Gasteiger partial charge in [0.2, 0.25) is 0 Å². The Morgan fingerprint density at radius 2 is 2.10 bits per heavy atom. The van der Waals surface area contributed by atoms with Crippen molar-refractivity contribution in [2.75, 3.05) is 5.32 Å². The van der Waals surface area contributed by atoms with Crippen LogP contribution in [0.4, 0.5) is 5.82 Å². The second kappa shape index (κ2) is 6.29. The zero-order valence-corrected chi connectivity index (χ0v) is 12.3. The number of carboxylic acids is 1. The Kier molecular flexibility index (Phi) is 4.46. The zero-order valence-electron chi connectivity index (χ0n) is 12.3. The second-order valence-electron chi connectivity index (χ2n) is 4.55. The van der Waals surface area contributed by atoms with Crippen LogP contribution in [0, 0.1) is 0 Å². The maximum atomic E-state index is 11.5. The summed E-state index contributed by atoms with van der Waals surface area (Å²) in [7, 11) is 1.77. The van der Waals surface area contributed by atoms with E-state index in [2.05, 4.69) is 25.6 Å². The van der Waals surface area contributed by atoms with E-state index < -0.39 is 5.97 Å². The molecule has 8 nitrogen and oxygen atoms in total. The topological polar surface area (TPSA) is 106 Å². The number of aromatic carboxylic acids is 1. The van der Waals surface area contributed by atoms with Gasteiger partial charge in [-0.3, -0.25) is 4.68 Å². The average molecular weight is 290 g/mol. The lowest BCUT2D eigenvalue weighted by atomic mass is 10.0. The molecular formula is C13H18N6O2. The van der Waals surface area contributed by atoms with Gasteiger partial charge in [0.15, 0.2) is 11.6 Å². The molecule has 2 N–H and O–H groups in total. The van der Waals surface area contributed by atoms with Gasteiger partial charge in [-0.05, 0) is 18.4 Å². The molecule has 0 aliphatic carbocycles. The molecule has 2 aromatic rings. The van der Waals surface area contributed by atoms with Gasteiger partial charge in [0.1, 0.15) is 11.9 Å². The highest BCUT2D eigenvalue weighted by molar-refractivity contribution is 5.95. The van der Waals surface area contributed by atoms with Crippen LogP contribution in [0.3, 0.4) is 0 Å². The normalized spacial score (nSPS) is 10.6. The molecule has 8 heteroatoms. The first kappa shape index (κ1) is 14.9. The smallest absolute Gasteiger partial charge is 0.339 e. The van der Waals surface area contributed by atoms with Crippen LogP contribution in [0.2, 0.25) is 0 Å². The molecule has 0 aromatic carbocycles. The van der Waals surface area contributed by atoms with E-state index in [9.17, 15) is 9.90 Å². The summed E-state index contributed by atoms with van der Waals surface area (Å²) < 4.78 is 1.58. The van der Waals surface area contributed by atoms with Gasteiger partial charge in [0.05, 0.1) is 12.2 Å². The SMILES string of the molecule is CCc1nnc(NCc2ncn(C)n2)c(C(=O)O)c1CC. The highest BCUT2D eigenvalue weighted by Crippen LogP contribution is 2.21. The molecular weight excluding hydrogens is 272 g/mol. The molecule has 2 heterocycles. The minimum Gasteiger partial charge on any atom is -0.478 e. The summed E-state index contributed by atoms with van der Waals surface area (Å²) in [6.45, 7) is 4.14. The number of hydrogen-bond donors (Lipinski definition) is 2.